The maximum atomic E-state index is 12.1. The topological polar surface area (TPSA) is 41.4 Å². The molecule has 5 nitrogen and oxygen atoms in total. The summed E-state index contributed by atoms with van der Waals surface area (Å²) in [6, 6.07) is 8.66. The number of para-hydroxylation sites is 2. The zero-order valence-corrected chi connectivity index (χ0v) is 14.7. The third-order valence-corrected chi connectivity index (χ3v) is 5.44. The van der Waals surface area contributed by atoms with Gasteiger partial charge in [-0.2, -0.15) is 0 Å². The first kappa shape index (κ1) is 16.3. The van der Waals surface area contributed by atoms with Gasteiger partial charge < -0.3 is 9.47 Å². The van der Waals surface area contributed by atoms with Crippen molar-refractivity contribution in [1.82, 2.24) is 19.4 Å². The molecule has 2 aliphatic rings. The van der Waals surface area contributed by atoms with Crippen molar-refractivity contribution in [3.05, 3.63) is 42.7 Å². The number of carbonyl (C=O) groups excluding carboxylic acids is 1. The van der Waals surface area contributed by atoms with Gasteiger partial charge in [-0.1, -0.05) is 18.2 Å². The molecule has 2 aliphatic heterocycles. The van der Waals surface area contributed by atoms with E-state index in [9.17, 15) is 4.79 Å². The molecule has 1 aromatic heterocycles. The number of allylic oxidation sites excluding steroid dienone is 1. The molecule has 0 bridgehead atoms. The predicted octanol–water partition coefficient (Wildman–Crippen LogP) is 2.81. The molecule has 2 saturated heterocycles. The second-order valence-corrected chi connectivity index (χ2v) is 7.14. The van der Waals surface area contributed by atoms with Crippen molar-refractivity contribution in [3.63, 3.8) is 0 Å². The van der Waals surface area contributed by atoms with Crippen LogP contribution in [0, 0.1) is 0 Å². The van der Waals surface area contributed by atoms with Gasteiger partial charge in [0.2, 0.25) is 5.91 Å². The van der Waals surface area contributed by atoms with E-state index in [0.29, 0.717) is 11.9 Å². The Kier molecular flexibility index (Phi) is 4.57. The highest BCUT2D eigenvalue weighted by molar-refractivity contribution is 5.78. The number of likely N-dealkylation sites (tertiary alicyclic amines) is 2. The Morgan fingerprint density at radius 3 is 2.92 bits per heavy atom. The molecule has 0 aliphatic carbocycles. The lowest BCUT2D eigenvalue weighted by molar-refractivity contribution is -0.130. The summed E-state index contributed by atoms with van der Waals surface area (Å²) in [5.41, 5.74) is 2.21. The largest absolute Gasteiger partial charge is 0.338 e. The van der Waals surface area contributed by atoms with E-state index in [1.165, 1.54) is 5.52 Å². The van der Waals surface area contributed by atoms with Crippen LogP contribution in [-0.2, 0) is 17.9 Å². The number of aromatic nitrogens is 2. The molecule has 3 heterocycles. The fourth-order valence-corrected chi connectivity index (χ4v) is 4.26. The highest BCUT2D eigenvalue weighted by atomic mass is 16.2. The number of benzene rings is 1. The number of rotatable bonds is 5. The Balaban J connectivity index is 1.53. The van der Waals surface area contributed by atoms with Gasteiger partial charge in [-0.25, -0.2) is 4.98 Å². The van der Waals surface area contributed by atoms with Gasteiger partial charge in [0.1, 0.15) is 5.82 Å². The molecule has 2 aromatic rings. The molecular weight excluding hydrogens is 312 g/mol. The van der Waals surface area contributed by atoms with E-state index < -0.39 is 0 Å². The second kappa shape index (κ2) is 7.00. The summed E-state index contributed by atoms with van der Waals surface area (Å²) in [6.45, 7) is 8.48. The summed E-state index contributed by atoms with van der Waals surface area (Å²) in [4.78, 5) is 21.5. The lowest BCUT2D eigenvalue weighted by Crippen LogP contribution is -2.48. The van der Waals surface area contributed by atoms with Gasteiger partial charge in [0.25, 0.3) is 0 Å². The predicted molar refractivity (Wildman–Crippen MR) is 99.2 cm³/mol. The van der Waals surface area contributed by atoms with Crippen LogP contribution in [0.1, 0.15) is 31.5 Å². The van der Waals surface area contributed by atoms with E-state index in [-0.39, 0.29) is 0 Å². The van der Waals surface area contributed by atoms with Crippen LogP contribution in [0.15, 0.2) is 36.9 Å². The van der Waals surface area contributed by atoms with Crippen LogP contribution in [0.2, 0.25) is 0 Å². The summed E-state index contributed by atoms with van der Waals surface area (Å²) in [5.74, 6) is 1.43. The monoisotopic (exact) mass is 338 g/mol. The Labute approximate surface area is 148 Å². The van der Waals surface area contributed by atoms with Crippen LogP contribution < -0.4 is 0 Å². The number of nitrogens with zero attached hydrogens (tertiary/aromatic N) is 4. The molecule has 0 N–H and O–H groups in total. The first-order chi connectivity index (χ1) is 12.3. The molecule has 132 valence electrons. The summed E-state index contributed by atoms with van der Waals surface area (Å²) in [7, 11) is 0. The summed E-state index contributed by atoms with van der Waals surface area (Å²) < 4.78 is 2.26. The third-order valence-electron chi connectivity index (χ3n) is 5.44. The summed E-state index contributed by atoms with van der Waals surface area (Å²) in [6.07, 6.45) is 5.96. The molecule has 1 amide bonds. The van der Waals surface area contributed by atoms with Gasteiger partial charge in [0.15, 0.2) is 0 Å². The number of piperidine rings is 1. The minimum absolute atomic E-state index is 0.339. The number of hydrogen-bond acceptors (Lipinski definition) is 3. The second-order valence-electron chi connectivity index (χ2n) is 7.14. The van der Waals surface area contributed by atoms with E-state index in [1.807, 2.05) is 12.1 Å². The van der Waals surface area contributed by atoms with Gasteiger partial charge in [-0.05, 0) is 37.9 Å². The average Bonchev–Trinajstić information content (AvgIpc) is 3.20. The Hall–Kier alpha value is -2.14. The number of hydrogen-bond donors (Lipinski definition) is 0. The Bertz CT molecular complexity index is 781. The minimum Gasteiger partial charge on any atom is -0.338 e. The Morgan fingerprint density at radius 2 is 2.12 bits per heavy atom. The molecule has 4 rings (SSSR count). The van der Waals surface area contributed by atoms with Crippen LogP contribution in [0.4, 0.5) is 0 Å². The van der Waals surface area contributed by atoms with Crippen LogP contribution in [0.5, 0.6) is 0 Å². The molecule has 1 unspecified atom stereocenters. The van der Waals surface area contributed by atoms with Crippen molar-refractivity contribution >= 4 is 16.9 Å². The average molecular weight is 338 g/mol. The molecule has 2 fully saturated rings. The van der Waals surface area contributed by atoms with Crippen molar-refractivity contribution in [2.24, 2.45) is 0 Å². The summed E-state index contributed by atoms with van der Waals surface area (Å²) >= 11 is 0. The first-order valence-corrected chi connectivity index (χ1v) is 9.33. The number of amides is 1. The lowest BCUT2D eigenvalue weighted by atomic mass is 10.0. The quantitative estimate of drug-likeness (QED) is 0.787. The third kappa shape index (κ3) is 3.21. The smallest absolute Gasteiger partial charge is 0.222 e. The van der Waals surface area contributed by atoms with Gasteiger partial charge in [-0.15, -0.1) is 6.58 Å². The maximum Gasteiger partial charge on any atom is 0.222 e. The maximum absolute atomic E-state index is 12.1. The molecule has 0 radical (unpaired) electrons. The lowest BCUT2D eigenvalue weighted by Gasteiger charge is -2.37. The fraction of sp³-hybridized carbons (Fsp3) is 0.500. The van der Waals surface area contributed by atoms with E-state index >= 15 is 0 Å². The molecule has 1 atom stereocenters. The molecule has 5 heteroatoms. The van der Waals surface area contributed by atoms with Gasteiger partial charge >= 0.3 is 0 Å². The van der Waals surface area contributed by atoms with Crippen LogP contribution in [0.3, 0.4) is 0 Å². The van der Waals surface area contributed by atoms with Gasteiger partial charge in [0, 0.05) is 32.1 Å². The normalized spacial score (nSPS) is 22.0. The standard InChI is InChI=1S/C20H26N4O/c1-2-11-24-18-9-4-3-8-17(18)21-19(24)15-22-12-5-7-16(14-22)23-13-6-10-20(23)25/h2-4,8-9,16H,1,5-7,10-15H2. The van der Waals surface area contributed by atoms with Crippen molar-refractivity contribution in [3.8, 4) is 0 Å². The molecule has 25 heavy (non-hydrogen) atoms. The van der Waals surface area contributed by atoms with E-state index in [1.54, 1.807) is 0 Å². The highest BCUT2D eigenvalue weighted by Gasteiger charge is 2.31. The van der Waals surface area contributed by atoms with Gasteiger partial charge in [-0.3, -0.25) is 9.69 Å². The first-order valence-electron chi connectivity index (χ1n) is 9.33. The van der Waals surface area contributed by atoms with E-state index in [2.05, 4.69) is 39.1 Å². The van der Waals surface area contributed by atoms with Gasteiger partial charge in [0.05, 0.1) is 17.6 Å². The molecular formula is C20H26N4O. The van der Waals surface area contributed by atoms with Crippen molar-refractivity contribution in [2.45, 2.75) is 44.8 Å². The molecule has 0 spiro atoms. The SMILES string of the molecule is C=CCn1c(CN2CCCC(N3CCCC3=O)C2)nc2ccccc21. The van der Waals surface area contributed by atoms with Crippen LogP contribution in [0.25, 0.3) is 11.0 Å². The Morgan fingerprint density at radius 1 is 1.24 bits per heavy atom. The molecule has 1 aromatic carbocycles. The minimum atomic E-state index is 0.339. The zero-order valence-electron chi connectivity index (χ0n) is 14.7. The van der Waals surface area contributed by atoms with Crippen molar-refractivity contribution in [2.75, 3.05) is 19.6 Å². The van der Waals surface area contributed by atoms with Crippen molar-refractivity contribution in [1.29, 1.82) is 0 Å². The van der Waals surface area contributed by atoms with Crippen LogP contribution >= 0.6 is 0 Å². The number of carbonyl (C=O) groups is 1. The van der Waals surface area contributed by atoms with Crippen molar-refractivity contribution < 1.29 is 4.79 Å². The number of fused-ring (bicyclic) bond motifs is 1. The fourth-order valence-electron chi connectivity index (χ4n) is 4.26. The highest BCUT2D eigenvalue weighted by Crippen LogP contribution is 2.23. The number of imidazole rings is 1. The van der Waals surface area contributed by atoms with Crippen LogP contribution in [-0.4, -0.2) is 50.9 Å². The summed E-state index contributed by atoms with van der Waals surface area (Å²) in [5, 5.41) is 0. The molecule has 0 saturated carbocycles. The van der Waals surface area contributed by atoms with E-state index in [4.69, 9.17) is 4.98 Å². The van der Waals surface area contributed by atoms with E-state index in [0.717, 1.165) is 69.7 Å². The zero-order chi connectivity index (χ0) is 17.2.